The Morgan fingerprint density at radius 3 is 2.72 bits per heavy atom. The molecule has 4 rings (SSSR count). The normalized spacial score (nSPS) is 12.2. The standard InChI is InChI=1S/C21H22N6OS/c1-13-7-9-15(10-8-13)20-25-26-21(29)27(20)12-11-18(28)22-14(2)19-23-16-5-3-4-6-17(16)24-19/h3-10,14H,11-12H2,1-2H3,(H,22,28)(H,23,24)(H,26,29). The SMILES string of the molecule is Cc1ccc(-c2n[nH]c(=S)n2CCC(=O)NC(C)c2nc3ccccc3[nH]2)cc1. The Balaban J connectivity index is 1.43. The molecule has 1 amide bonds. The van der Waals surface area contributed by atoms with Crippen molar-refractivity contribution in [2.75, 3.05) is 0 Å². The zero-order valence-corrected chi connectivity index (χ0v) is 17.1. The summed E-state index contributed by atoms with van der Waals surface area (Å²) in [5.41, 5.74) is 3.97. The average Bonchev–Trinajstić information content (AvgIpc) is 3.30. The number of H-pyrrole nitrogens is 2. The number of hydrogen-bond acceptors (Lipinski definition) is 4. The van der Waals surface area contributed by atoms with Crippen molar-refractivity contribution < 1.29 is 4.79 Å². The van der Waals surface area contributed by atoms with Crippen LogP contribution in [0.2, 0.25) is 0 Å². The monoisotopic (exact) mass is 406 g/mol. The Labute approximate surface area is 173 Å². The summed E-state index contributed by atoms with van der Waals surface area (Å²) in [5, 5.41) is 10.1. The molecule has 4 aromatic rings. The molecular formula is C21H22N6OS. The minimum atomic E-state index is -0.219. The summed E-state index contributed by atoms with van der Waals surface area (Å²) in [4.78, 5) is 20.3. The number of aromatic nitrogens is 5. The van der Waals surface area contributed by atoms with E-state index in [1.54, 1.807) is 0 Å². The van der Waals surface area contributed by atoms with E-state index in [-0.39, 0.29) is 18.4 Å². The molecule has 2 aromatic carbocycles. The molecule has 1 atom stereocenters. The molecular weight excluding hydrogens is 384 g/mol. The first-order valence-corrected chi connectivity index (χ1v) is 9.88. The Kier molecular flexibility index (Phi) is 5.26. The average molecular weight is 407 g/mol. The lowest BCUT2D eigenvalue weighted by molar-refractivity contribution is -0.122. The molecule has 0 fully saturated rings. The van der Waals surface area contributed by atoms with Crippen molar-refractivity contribution in [3.05, 3.63) is 64.7 Å². The highest BCUT2D eigenvalue weighted by Gasteiger charge is 2.15. The second kappa shape index (κ2) is 8.00. The van der Waals surface area contributed by atoms with Crippen molar-refractivity contribution in [1.29, 1.82) is 0 Å². The number of fused-ring (bicyclic) bond motifs is 1. The van der Waals surface area contributed by atoms with Gasteiger partial charge in [-0.15, -0.1) is 0 Å². The number of nitrogens with one attached hydrogen (secondary N) is 3. The molecule has 148 valence electrons. The Morgan fingerprint density at radius 1 is 1.21 bits per heavy atom. The first kappa shape index (κ1) is 19.1. The fourth-order valence-corrected chi connectivity index (χ4v) is 3.44. The molecule has 0 saturated heterocycles. The highest BCUT2D eigenvalue weighted by Crippen LogP contribution is 2.19. The Hall–Kier alpha value is -3.26. The number of imidazole rings is 1. The first-order chi connectivity index (χ1) is 14.0. The van der Waals surface area contributed by atoms with Gasteiger partial charge in [-0.1, -0.05) is 42.0 Å². The van der Waals surface area contributed by atoms with E-state index in [0.29, 0.717) is 11.3 Å². The van der Waals surface area contributed by atoms with Gasteiger partial charge < -0.3 is 10.3 Å². The second-order valence-corrected chi connectivity index (χ2v) is 7.44. The summed E-state index contributed by atoms with van der Waals surface area (Å²) in [6, 6.07) is 15.6. The molecule has 29 heavy (non-hydrogen) atoms. The summed E-state index contributed by atoms with van der Waals surface area (Å²) >= 11 is 5.35. The maximum absolute atomic E-state index is 12.5. The molecule has 3 N–H and O–H groups in total. The molecule has 8 heteroatoms. The third-order valence-corrected chi connectivity index (χ3v) is 5.14. The van der Waals surface area contributed by atoms with Crippen molar-refractivity contribution in [3.8, 4) is 11.4 Å². The van der Waals surface area contributed by atoms with E-state index in [4.69, 9.17) is 12.2 Å². The van der Waals surface area contributed by atoms with E-state index in [2.05, 4.69) is 25.5 Å². The third-order valence-electron chi connectivity index (χ3n) is 4.83. The maximum Gasteiger partial charge on any atom is 0.222 e. The highest BCUT2D eigenvalue weighted by molar-refractivity contribution is 7.71. The predicted molar refractivity (Wildman–Crippen MR) is 115 cm³/mol. The van der Waals surface area contributed by atoms with Gasteiger partial charge in [0.2, 0.25) is 5.91 Å². The smallest absolute Gasteiger partial charge is 0.222 e. The third kappa shape index (κ3) is 4.12. The van der Waals surface area contributed by atoms with Gasteiger partial charge >= 0.3 is 0 Å². The quantitative estimate of drug-likeness (QED) is 0.421. The topological polar surface area (TPSA) is 91.4 Å². The lowest BCUT2D eigenvalue weighted by atomic mass is 10.1. The van der Waals surface area contributed by atoms with Crippen molar-refractivity contribution in [2.24, 2.45) is 0 Å². The first-order valence-electron chi connectivity index (χ1n) is 9.47. The van der Waals surface area contributed by atoms with E-state index in [9.17, 15) is 4.79 Å². The van der Waals surface area contributed by atoms with Crippen LogP contribution in [0.1, 0.15) is 30.8 Å². The molecule has 0 aliphatic heterocycles. The summed E-state index contributed by atoms with van der Waals surface area (Å²) in [6.07, 6.45) is 0.289. The summed E-state index contributed by atoms with van der Waals surface area (Å²) in [5.74, 6) is 1.39. The van der Waals surface area contributed by atoms with Crippen LogP contribution in [0.3, 0.4) is 0 Å². The minimum absolute atomic E-state index is 0.0732. The van der Waals surface area contributed by atoms with Gasteiger partial charge in [0.1, 0.15) is 5.82 Å². The number of rotatable bonds is 6. The van der Waals surface area contributed by atoms with Gasteiger partial charge in [0, 0.05) is 18.5 Å². The number of carbonyl (C=O) groups is 1. The second-order valence-electron chi connectivity index (χ2n) is 7.05. The van der Waals surface area contributed by atoms with E-state index in [1.807, 2.05) is 66.9 Å². The molecule has 1 unspecified atom stereocenters. The zero-order valence-electron chi connectivity index (χ0n) is 16.3. The van der Waals surface area contributed by atoms with E-state index >= 15 is 0 Å². The van der Waals surface area contributed by atoms with Gasteiger partial charge in [-0.25, -0.2) is 4.98 Å². The van der Waals surface area contributed by atoms with Crippen LogP contribution in [-0.2, 0) is 11.3 Å². The maximum atomic E-state index is 12.5. The van der Waals surface area contributed by atoms with Crippen molar-refractivity contribution in [2.45, 2.75) is 32.9 Å². The molecule has 0 spiro atoms. The molecule has 2 aromatic heterocycles. The Morgan fingerprint density at radius 2 is 1.97 bits per heavy atom. The van der Waals surface area contributed by atoms with Crippen LogP contribution in [0.15, 0.2) is 48.5 Å². The van der Waals surface area contributed by atoms with E-state index in [1.165, 1.54) is 5.56 Å². The van der Waals surface area contributed by atoms with Crippen molar-refractivity contribution >= 4 is 29.2 Å². The molecule has 0 radical (unpaired) electrons. The number of hydrogen-bond donors (Lipinski definition) is 3. The van der Waals surface area contributed by atoms with E-state index < -0.39 is 0 Å². The zero-order chi connectivity index (χ0) is 20.4. The predicted octanol–water partition coefficient (Wildman–Crippen LogP) is 4.06. The Bertz CT molecular complexity index is 1170. The van der Waals surface area contributed by atoms with Crippen molar-refractivity contribution in [1.82, 2.24) is 30.0 Å². The lowest BCUT2D eigenvalue weighted by Crippen LogP contribution is -2.28. The molecule has 2 heterocycles. The van der Waals surface area contributed by atoms with Crippen LogP contribution in [-0.4, -0.2) is 30.6 Å². The van der Waals surface area contributed by atoms with Gasteiger partial charge in [-0.3, -0.25) is 14.5 Å². The van der Waals surface area contributed by atoms with Crippen molar-refractivity contribution in [3.63, 3.8) is 0 Å². The highest BCUT2D eigenvalue weighted by atomic mass is 32.1. The summed E-state index contributed by atoms with van der Waals surface area (Å²) in [6.45, 7) is 4.39. The molecule has 0 bridgehead atoms. The van der Waals surface area contributed by atoms with Crippen LogP contribution in [0.25, 0.3) is 22.4 Å². The van der Waals surface area contributed by atoms with Crippen LogP contribution in [0.5, 0.6) is 0 Å². The number of aryl methyl sites for hydroxylation is 1. The van der Waals surface area contributed by atoms with Crippen LogP contribution >= 0.6 is 12.2 Å². The van der Waals surface area contributed by atoms with E-state index in [0.717, 1.165) is 28.2 Å². The van der Waals surface area contributed by atoms with Crippen LogP contribution in [0.4, 0.5) is 0 Å². The molecule has 0 aliphatic rings. The lowest BCUT2D eigenvalue weighted by Gasteiger charge is -2.12. The number of amides is 1. The fourth-order valence-electron chi connectivity index (χ4n) is 3.22. The number of carbonyl (C=O) groups excluding carboxylic acids is 1. The number of benzene rings is 2. The summed E-state index contributed by atoms with van der Waals surface area (Å²) in [7, 11) is 0. The van der Waals surface area contributed by atoms with Gasteiger partial charge in [0.15, 0.2) is 10.6 Å². The van der Waals surface area contributed by atoms with Gasteiger partial charge in [-0.2, -0.15) is 5.10 Å². The molecule has 0 saturated carbocycles. The van der Waals surface area contributed by atoms with Crippen LogP contribution in [0, 0.1) is 11.7 Å². The number of nitrogens with zero attached hydrogens (tertiary/aromatic N) is 3. The largest absolute Gasteiger partial charge is 0.346 e. The summed E-state index contributed by atoms with van der Waals surface area (Å²) < 4.78 is 2.35. The molecule has 7 nitrogen and oxygen atoms in total. The van der Waals surface area contributed by atoms with Gasteiger partial charge in [-0.05, 0) is 38.2 Å². The van der Waals surface area contributed by atoms with Crippen LogP contribution < -0.4 is 5.32 Å². The molecule has 0 aliphatic carbocycles. The minimum Gasteiger partial charge on any atom is -0.346 e. The number of aromatic amines is 2. The number of para-hydroxylation sites is 2. The fraction of sp³-hybridized carbons (Fsp3) is 0.238. The van der Waals surface area contributed by atoms with Gasteiger partial charge in [0.25, 0.3) is 0 Å². The van der Waals surface area contributed by atoms with Gasteiger partial charge in [0.05, 0.1) is 17.1 Å².